The molecule has 0 amide bonds. The summed E-state index contributed by atoms with van der Waals surface area (Å²) in [5.74, 6) is -0.894. The Hall–Kier alpha value is -2.63. The lowest BCUT2D eigenvalue weighted by Gasteiger charge is -2.18. The molecule has 0 fully saturated rings. The van der Waals surface area contributed by atoms with Gasteiger partial charge in [-0.1, -0.05) is 236 Å². The van der Waals surface area contributed by atoms with E-state index in [1.807, 2.05) is 0 Å². The highest BCUT2D eigenvalue weighted by atomic mass is 16.6. The van der Waals surface area contributed by atoms with Gasteiger partial charge in [0.25, 0.3) is 0 Å². The maximum Gasteiger partial charge on any atom is 0.306 e. The summed E-state index contributed by atoms with van der Waals surface area (Å²) in [5, 5.41) is 0. The summed E-state index contributed by atoms with van der Waals surface area (Å²) >= 11 is 0. The Kier molecular flexibility index (Phi) is 51.8. The lowest BCUT2D eigenvalue weighted by molar-refractivity contribution is -0.167. The molecular formula is C59H106O6. The predicted molar refractivity (Wildman–Crippen MR) is 279 cm³/mol. The van der Waals surface area contributed by atoms with Crippen molar-refractivity contribution >= 4 is 17.9 Å². The third-order valence-electron chi connectivity index (χ3n) is 12.3. The first-order valence-electron chi connectivity index (χ1n) is 28.1. The maximum atomic E-state index is 12.8. The quantitative estimate of drug-likeness (QED) is 0.0262. The molecule has 0 radical (unpaired) electrons. The fraction of sp³-hybridized carbons (Fsp3) is 0.814. The molecule has 6 heteroatoms. The van der Waals surface area contributed by atoms with Crippen LogP contribution < -0.4 is 0 Å². The molecule has 6 nitrogen and oxygen atoms in total. The van der Waals surface area contributed by atoms with E-state index in [1.165, 1.54) is 167 Å². The molecule has 0 rings (SSSR count). The van der Waals surface area contributed by atoms with Crippen molar-refractivity contribution in [3.63, 3.8) is 0 Å². The minimum Gasteiger partial charge on any atom is -0.462 e. The molecule has 1 atom stereocenters. The molecule has 0 aromatic heterocycles. The smallest absolute Gasteiger partial charge is 0.306 e. The monoisotopic (exact) mass is 911 g/mol. The van der Waals surface area contributed by atoms with Gasteiger partial charge in [0.1, 0.15) is 13.2 Å². The van der Waals surface area contributed by atoms with Crippen molar-refractivity contribution in [1.29, 1.82) is 0 Å². The molecular weight excluding hydrogens is 805 g/mol. The Balaban J connectivity index is 4.40. The molecule has 0 unspecified atom stereocenters. The third kappa shape index (κ3) is 52.2. The van der Waals surface area contributed by atoms with Gasteiger partial charge in [-0.25, -0.2) is 0 Å². The average molecular weight is 911 g/mol. The van der Waals surface area contributed by atoms with E-state index in [1.54, 1.807) is 0 Å². The molecule has 0 aromatic carbocycles. The maximum absolute atomic E-state index is 12.8. The van der Waals surface area contributed by atoms with Gasteiger partial charge in [-0.05, 0) is 83.5 Å². The zero-order chi connectivity index (χ0) is 47.2. The SMILES string of the molecule is CCCCC/C=C\C/C=C\C/C=C\CCCCCCC(=O)OC[C@H](COC(=O)CCCCCCCCCCCCCCC)OC(=O)CCCCCCCCC/C=C\CCCCCCCC. The van der Waals surface area contributed by atoms with Crippen LogP contribution in [-0.2, 0) is 28.6 Å². The van der Waals surface area contributed by atoms with E-state index in [9.17, 15) is 14.4 Å². The Morgan fingerprint density at radius 3 is 0.908 bits per heavy atom. The van der Waals surface area contributed by atoms with E-state index in [4.69, 9.17) is 14.2 Å². The van der Waals surface area contributed by atoms with E-state index in [0.29, 0.717) is 19.3 Å². The van der Waals surface area contributed by atoms with Crippen LogP contribution >= 0.6 is 0 Å². The highest BCUT2D eigenvalue weighted by molar-refractivity contribution is 5.71. The Bertz CT molecular complexity index is 1140. The van der Waals surface area contributed by atoms with Gasteiger partial charge >= 0.3 is 17.9 Å². The first-order chi connectivity index (χ1) is 32.0. The number of ether oxygens (including phenoxy) is 3. The summed E-state index contributed by atoms with van der Waals surface area (Å²) in [7, 11) is 0. The van der Waals surface area contributed by atoms with Crippen molar-refractivity contribution in [3.05, 3.63) is 48.6 Å². The van der Waals surface area contributed by atoms with Crippen molar-refractivity contribution in [2.24, 2.45) is 0 Å². The van der Waals surface area contributed by atoms with Gasteiger partial charge in [-0.15, -0.1) is 0 Å². The number of allylic oxidation sites excluding steroid dienone is 8. The summed E-state index contributed by atoms with van der Waals surface area (Å²) in [4.78, 5) is 38.1. The average Bonchev–Trinajstić information content (AvgIpc) is 3.30. The first kappa shape index (κ1) is 62.4. The summed E-state index contributed by atoms with van der Waals surface area (Å²) in [5.41, 5.74) is 0. The van der Waals surface area contributed by atoms with Crippen molar-refractivity contribution in [2.45, 2.75) is 297 Å². The minimum atomic E-state index is -0.782. The lowest BCUT2D eigenvalue weighted by Crippen LogP contribution is -2.30. The number of rotatable bonds is 51. The topological polar surface area (TPSA) is 78.9 Å². The van der Waals surface area contributed by atoms with E-state index < -0.39 is 6.10 Å². The lowest BCUT2D eigenvalue weighted by atomic mass is 10.0. The standard InChI is InChI=1S/C59H106O6/c1-4-7-10-13-16-19-22-25-27-29-31-34-37-40-43-46-49-52-58(61)64-55-56(54-63-57(60)51-48-45-42-39-36-33-24-21-18-15-12-9-6-3)65-59(62)53-50-47-44-41-38-35-32-30-28-26-23-20-17-14-11-8-5-2/h16,19,25-28,31,34,56H,4-15,17-18,20-24,29-30,32-33,35-55H2,1-3H3/b19-16-,27-25-,28-26-,34-31-/t56-/m0/s1. The minimum absolute atomic E-state index is 0.0793. The highest BCUT2D eigenvalue weighted by Crippen LogP contribution is 2.15. The largest absolute Gasteiger partial charge is 0.462 e. The van der Waals surface area contributed by atoms with Gasteiger partial charge in [-0.2, -0.15) is 0 Å². The fourth-order valence-electron chi connectivity index (χ4n) is 8.03. The molecule has 0 aromatic rings. The molecule has 0 aliphatic heterocycles. The summed E-state index contributed by atoms with van der Waals surface area (Å²) in [6.45, 7) is 6.61. The molecule has 0 heterocycles. The van der Waals surface area contributed by atoms with Crippen molar-refractivity contribution in [2.75, 3.05) is 13.2 Å². The molecule has 65 heavy (non-hydrogen) atoms. The van der Waals surface area contributed by atoms with Crippen LogP contribution in [0.4, 0.5) is 0 Å². The normalized spacial score (nSPS) is 12.4. The molecule has 0 saturated heterocycles. The number of unbranched alkanes of at least 4 members (excludes halogenated alkanes) is 32. The van der Waals surface area contributed by atoms with Gasteiger partial charge in [0.15, 0.2) is 6.10 Å². The van der Waals surface area contributed by atoms with Crippen LogP contribution in [0.1, 0.15) is 290 Å². The molecule has 0 saturated carbocycles. The molecule has 0 bridgehead atoms. The van der Waals surface area contributed by atoms with Crippen LogP contribution in [0, 0.1) is 0 Å². The van der Waals surface area contributed by atoms with Crippen LogP contribution in [0.15, 0.2) is 48.6 Å². The molecule has 0 N–H and O–H groups in total. The second-order valence-corrected chi connectivity index (χ2v) is 18.8. The third-order valence-corrected chi connectivity index (χ3v) is 12.3. The fourth-order valence-corrected chi connectivity index (χ4v) is 8.03. The van der Waals surface area contributed by atoms with Crippen molar-refractivity contribution in [3.8, 4) is 0 Å². The number of carbonyl (C=O) groups is 3. The van der Waals surface area contributed by atoms with E-state index >= 15 is 0 Å². The predicted octanol–water partition coefficient (Wildman–Crippen LogP) is 18.7. The van der Waals surface area contributed by atoms with Gasteiger partial charge < -0.3 is 14.2 Å². The molecule has 378 valence electrons. The van der Waals surface area contributed by atoms with Gasteiger partial charge in [0.05, 0.1) is 0 Å². The van der Waals surface area contributed by atoms with Crippen molar-refractivity contribution in [1.82, 2.24) is 0 Å². The highest BCUT2D eigenvalue weighted by Gasteiger charge is 2.19. The molecule has 0 aliphatic carbocycles. The molecule has 0 spiro atoms. The first-order valence-corrected chi connectivity index (χ1v) is 28.1. The van der Waals surface area contributed by atoms with Crippen LogP contribution in [0.5, 0.6) is 0 Å². The van der Waals surface area contributed by atoms with Crippen LogP contribution in [0.3, 0.4) is 0 Å². The van der Waals surface area contributed by atoms with Crippen molar-refractivity contribution < 1.29 is 28.6 Å². The van der Waals surface area contributed by atoms with E-state index in [0.717, 1.165) is 83.5 Å². The zero-order valence-electron chi connectivity index (χ0n) is 43.3. The second-order valence-electron chi connectivity index (χ2n) is 18.8. The summed E-state index contributed by atoms with van der Waals surface area (Å²) in [6.07, 6.45) is 65.2. The Labute approximate surface area is 403 Å². The summed E-state index contributed by atoms with van der Waals surface area (Å²) < 4.78 is 16.8. The van der Waals surface area contributed by atoms with Gasteiger partial charge in [0.2, 0.25) is 0 Å². The number of hydrogen-bond donors (Lipinski definition) is 0. The van der Waals surface area contributed by atoms with E-state index in [2.05, 4.69) is 69.4 Å². The van der Waals surface area contributed by atoms with Gasteiger partial charge in [-0.3, -0.25) is 14.4 Å². The van der Waals surface area contributed by atoms with Gasteiger partial charge in [0, 0.05) is 19.3 Å². The summed E-state index contributed by atoms with van der Waals surface area (Å²) in [6, 6.07) is 0. The molecule has 0 aliphatic rings. The number of carbonyl (C=O) groups excluding carboxylic acids is 3. The van der Waals surface area contributed by atoms with Crippen LogP contribution in [-0.4, -0.2) is 37.2 Å². The number of hydrogen-bond acceptors (Lipinski definition) is 6. The Morgan fingerprint density at radius 2 is 0.554 bits per heavy atom. The Morgan fingerprint density at radius 1 is 0.308 bits per heavy atom. The zero-order valence-corrected chi connectivity index (χ0v) is 43.3. The van der Waals surface area contributed by atoms with Crippen LogP contribution in [0.25, 0.3) is 0 Å². The van der Waals surface area contributed by atoms with Crippen LogP contribution in [0.2, 0.25) is 0 Å². The number of esters is 3. The second kappa shape index (κ2) is 54.0. The van der Waals surface area contributed by atoms with E-state index in [-0.39, 0.29) is 31.1 Å².